The van der Waals surface area contributed by atoms with E-state index in [2.05, 4.69) is 10.6 Å². The number of amides is 4. The lowest BCUT2D eigenvalue weighted by molar-refractivity contribution is -0.142. The zero-order valence-electron chi connectivity index (χ0n) is 14.7. The van der Waals surface area contributed by atoms with Crippen molar-refractivity contribution < 1.29 is 34.2 Å². The fourth-order valence-electron chi connectivity index (χ4n) is 2.67. The predicted molar refractivity (Wildman–Crippen MR) is 90.8 cm³/mol. The van der Waals surface area contributed by atoms with Crippen LogP contribution in [0.3, 0.4) is 0 Å². The molecule has 0 aliphatic carbocycles. The van der Waals surface area contributed by atoms with E-state index in [1.807, 2.05) is 0 Å². The Bertz CT molecular complexity index is 597. The van der Waals surface area contributed by atoms with Crippen molar-refractivity contribution in [1.29, 1.82) is 0 Å². The van der Waals surface area contributed by atoms with Gasteiger partial charge in [-0.3, -0.25) is 19.2 Å². The van der Waals surface area contributed by atoms with Crippen molar-refractivity contribution >= 4 is 29.6 Å². The Morgan fingerprint density at radius 1 is 1.22 bits per heavy atom. The third-order valence-electron chi connectivity index (χ3n) is 4.09. The average molecular weight is 387 g/mol. The van der Waals surface area contributed by atoms with Crippen molar-refractivity contribution in [2.45, 2.75) is 43.8 Å². The van der Waals surface area contributed by atoms with Crippen molar-refractivity contribution in [3.05, 3.63) is 0 Å². The molecule has 1 rings (SSSR count). The Hall–Kier alpha value is -2.73. The van der Waals surface area contributed by atoms with Crippen LogP contribution in [0.4, 0.5) is 0 Å². The van der Waals surface area contributed by atoms with E-state index in [4.69, 9.17) is 21.7 Å². The lowest BCUT2D eigenvalue weighted by Crippen LogP contribution is -2.53. The van der Waals surface area contributed by atoms with Crippen LogP contribution in [-0.4, -0.2) is 82.5 Å². The summed E-state index contributed by atoms with van der Waals surface area (Å²) in [6.45, 7) is -0.733. The summed E-state index contributed by atoms with van der Waals surface area (Å²) in [5.41, 5.74) is 10.4. The molecule has 1 heterocycles. The number of aliphatic carboxylic acids is 1. The van der Waals surface area contributed by atoms with Crippen LogP contribution in [0, 0.1) is 0 Å². The largest absolute Gasteiger partial charge is 0.480 e. The normalized spacial score (nSPS) is 18.4. The van der Waals surface area contributed by atoms with Gasteiger partial charge in [-0.2, -0.15) is 0 Å². The van der Waals surface area contributed by atoms with E-state index in [9.17, 15) is 24.0 Å². The highest BCUT2D eigenvalue weighted by Gasteiger charge is 2.36. The van der Waals surface area contributed by atoms with Crippen molar-refractivity contribution in [1.82, 2.24) is 15.5 Å². The Morgan fingerprint density at radius 3 is 2.44 bits per heavy atom. The minimum absolute atomic E-state index is 0.172. The third kappa shape index (κ3) is 6.83. The fourth-order valence-corrected chi connectivity index (χ4v) is 2.67. The molecule has 1 aliphatic rings. The summed E-state index contributed by atoms with van der Waals surface area (Å²) in [4.78, 5) is 59.2. The number of hydrogen-bond donors (Lipinski definition) is 6. The van der Waals surface area contributed by atoms with Gasteiger partial charge in [0.2, 0.25) is 23.6 Å². The molecule has 3 atom stereocenters. The molecule has 12 nitrogen and oxygen atoms in total. The number of nitrogens with one attached hydrogen (secondary N) is 2. The number of hydrogen-bond acceptors (Lipinski definition) is 7. The molecular weight excluding hydrogens is 362 g/mol. The van der Waals surface area contributed by atoms with Gasteiger partial charge in [-0.25, -0.2) is 4.79 Å². The Labute approximate surface area is 155 Å². The molecule has 0 aromatic carbocycles. The lowest BCUT2D eigenvalue weighted by atomic mass is 10.1. The summed E-state index contributed by atoms with van der Waals surface area (Å²) in [7, 11) is 0. The summed E-state index contributed by atoms with van der Waals surface area (Å²) in [5.74, 6) is -3.93. The Balaban J connectivity index is 2.54. The number of carboxylic acids is 1. The number of rotatable bonds is 10. The molecule has 0 bridgehead atoms. The summed E-state index contributed by atoms with van der Waals surface area (Å²) < 4.78 is 0. The Morgan fingerprint density at radius 2 is 1.89 bits per heavy atom. The molecule has 0 saturated carbocycles. The summed E-state index contributed by atoms with van der Waals surface area (Å²) >= 11 is 0. The zero-order valence-corrected chi connectivity index (χ0v) is 14.7. The van der Waals surface area contributed by atoms with Crippen LogP contribution in [-0.2, 0) is 24.0 Å². The lowest BCUT2D eigenvalue weighted by Gasteiger charge is -2.26. The number of likely N-dealkylation sites (tertiary alicyclic amines) is 1. The van der Waals surface area contributed by atoms with Gasteiger partial charge in [-0.15, -0.1) is 0 Å². The zero-order chi connectivity index (χ0) is 20.6. The molecule has 1 fully saturated rings. The van der Waals surface area contributed by atoms with Crippen LogP contribution >= 0.6 is 0 Å². The summed E-state index contributed by atoms with van der Waals surface area (Å²) in [6.07, 6.45) is 0.568. The molecule has 4 amide bonds. The minimum Gasteiger partial charge on any atom is -0.480 e. The van der Waals surface area contributed by atoms with Crippen molar-refractivity contribution in [3.8, 4) is 0 Å². The maximum atomic E-state index is 12.2. The van der Waals surface area contributed by atoms with Gasteiger partial charge in [0.25, 0.3) is 0 Å². The molecule has 1 saturated heterocycles. The van der Waals surface area contributed by atoms with Crippen LogP contribution in [0.5, 0.6) is 0 Å². The second kappa shape index (κ2) is 10.4. The van der Waals surface area contributed by atoms with Gasteiger partial charge in [0.15, 0.2) is 0 Å². The van der Waals surface area contributed by atoms with Crippen molar-refractivity contribution in [2.24, 2.45) is 11.5 Å². The first-order chi connectivity index (χ1) is 12.7. The number of primary amides is 1. The van der Waals surface area contributed by atoms with Gasteiger partial charge >= 0.3 is 5.97 Å². The van der Waals surface area contributed by atoms with E-state index in [0.29, 0.717) is 19.4 Å². The number of carbonyl (C=O) groups excluding carboxylic acids is 4. The standard InChI is InChI=1S/C15H25N5O7/c16-8(7-21)14(25)20-5-1-2-10(20)13(24)18-6-12(23)19-9(15(26)27)3-4-11(17)22/h8-10,21H,1-7,16H2,(H2,17,22)(H,18,24)(H,19,23)(H,26,27). The number of aliphatic hydroxyl groups is 1. The van der Waals surface area contributed by atoms with Gasteiger partial charge in [-0.05, 0) is 19.3 Å². The Kier molecular flexibility index (Phi) is 8.62. The molecule has 3 unspecified atom stereocenters. The highest BCUT2D eigenvalue weighted by atomic mass is 16.4. The highest BCUT2D eigenvalue weighted by Crippen LogP contribution is 2.18. The molecule has 27 heavy (non-hydrogen) atoms. The smallest absolute Gasteiger partial charge is 0.326 e. The summed E-state index contributed by atoms with van der Waals surface area (Å²) in [6, 6.07) is -3.25. The molecule has 0 aromatic rings. The van der Waals surface area contributed by atoms with Gasteiger partial charge in [0.05, 0.1) is 13.2 Å². The molecule has 0 radical (unpaired) electrons. The molecular formula is C15H25N5O7. The third-order valence-corrected chi connectivity index (χ3v) is 4.09. The first-order valence-corrected chi connectivity index (χ1v) is 8.42. The summed E-state index contributed by atoms with van der Waals surface area (Å²) in [5, 5.41) is 22.5. The number of nitrogens with zero attached hydrogens (tertiary/aromatic N) is 1. The molecule has 8 N–H and O–H groups in total. The fraction of sp³-hybridized carbons (Fsp3) is 0.667. The van der Waals surface area contributed by atoms with Gasteiger partial charge in [-0.1, -0.05) is 0 Å². The van der Waals surface area contributed by atoms with Gasteiger partial charge in [0.1, 0.15) is 18.1 Å². The van der Waals surface area contributed by atoms with E-state index in [1.54, 1.807) is 0 Å². The van der Waals surface area contributed by atoms with E-state index in [-0.39, 0.29) is 12.8 Å². The quantitative estimate of drug-likeness (QED) is 0.219. The van der Waals surface area contributed by atoms with E-state index in [0.717, 1.165) is 0 Å². The van der Waals surface area contributed by atoms with E-state index < -0.39 is 60.9 Å². The molecule has 152 valence electrons. The predicted octanol–water partition coefficient (Wildman–Crippen LogP) is -3.75. The topological polar surface area (TPSA) is 205 Å². The number of carboxylic acid groups (broad SMARTS) is 1. The van der Waals surface area contributed by atoms with Crippen LogP contribution in [0.1, 0.15) is 25.7 Å². The minimum atomic E-state index is -1.33. The van der Waals surface area contributed by atoms with Crippen LogP contribution < -0.4 is 22.1 Å². The number of carbonyl (C=O) groups is 5. The van der Waals surface area contributed by atoms with Crippen molar-refractivity contribution in [3.63, 3.8) is 0 Å². The maximum Gasteiger partial charge on any atom is 0.326 e. The molecule has 1 aliphatic heterocycles. The SMILES string of the molecule is NC(=O)CCC(NC(=O)CNC(=O)C1CCCN1C(=O)C(N)CO)C(=O)O. The van der Waals surface area contributed by atoms with Crippen LogP contribution in [0.25, 0.3) is 0 Å². The van der Waals surface area contributed by atoms with Crippen LogP contribution in [0.2, 0.25) is 0 Å². The highest BCUT2D eigenvalue weighted by molar-refractivity contribution is 5.93. The average Bonchev–Trinajstić information content (AvgIpc) is 3.11. The number of nitrogens with two attached hydrogens (primary N) is 2. The van der Waals surface area contributed by atoms with E-state index in [1.165, 1.54) is 4.90 Å². The molecule has 0 spiro atoms. The first kappa shape index (κ1) is 22.3. The molecule has 0 aromatic heterocycles. The first-order valence-electron chi connectivity index (χ1n) is 8.42. The molecule has 12 heteroatoms. The number of aliphatic hydroxyl groups excluding tert-OH is 1. The van der Waals surface area contributed by atoms with Gasteiger partial charge in [0, 0.05) is 13.0 Å². The van der Waals surface area contributed by atoms with E-state index >= 15 is 0 Å². The second-order valence-corrected chi connectivity index (χ2v) is 6.16. The van der Waals surface area contributed by atoms with Gasteiger partial charge < -0.3 is 37.2 Å². The monoisotopic (exact) mass is 387 g/mol. The van der Waals surface area contributed by atoms with Crippen molar-refractivity contribution in [2.75, 3.05) is 19.7 Å². The second-order valence-electron chi connectivity index (χ2n) is 6.16. The van der Waals surface area contributed by atoms with Crippen LogP contribution in [0.15, 0.2) is 0 Å². The maximum absolute atomic E-state index is 12.2.